The van der Waals surface area contributed by atoms with Gasteiger partial charge in [-0.05, 0) is 38.0 Å². The highest BCUT2D eigenvalue weighted by Gasteiger charge is 2.17. The van der Waals surface area contributed by atoms with Gasteiger partial charge in [0.25, 0.3) is 0 Å². The molecule has 2 aromatic rings. The molecule has 24 heavy (non-hydrogen) atoms. The molecule has 6 heteroatoms. The molecule has 4 nitrogen and oxygen atoms in total. The molecule has 2 aromatic carbocycles. The van der Waals surface area contributed by atoms with Gasteiger partial charge in [0.1, 0.15) is 17.2 Å². The molecule has 3 N–H and O–H groups in total. The number of carbonyl (C=O) groups is 1. The molecule has 0 aliphatic rings. The molecule has 0 bridgehead atoms. The Morgan fingerprint density at radius 2 is 1.79 bits per heavy atom. The zero-order valence-corrected chi connectivity index (χ0v) is 13.8. The number of hydrogen-bond acceptors (Lipinski definition) is 3. The molecule has 0 aliphatic carbocycles. The number of rotatable bonds is 3. The molecule has 2 rings (SSSR count). The van der Waals surface area contributed by atoms with Crippen molar-refractivity contribution >= 4 is 11.8 Å². The van der Waals surface area contributed by atoms with Gasteiger partial charge in [-0.2, -0.15) is 0 Å². The lowest BCUT2D eigenvalue weighted by atomic mass is 9.98. The second kappa shape index (κ2) is 6.86. The predicted octanol–water partition coefficient (Wildman–Crippen LogP) is 4.24. The number of nitrogens with two attached hydrogens (primary N) is 1. The van der Waals surface area contributed by atoms with E-state index in [1.807, 2.05) is 0 Å². The quantitative estimate of drug-likeness (QED) is 0.825. The van der Waals surface area contributed by atoms with Gasteiger partial charge >= 0.3 is 6.09 Å². The van der Waals surface area contributed by atoms with Crippen molar-refractivity contribution in [2.75, 3.05) is 5.73 Å². The fourth-order valence-corrected chi connectivity index (χ4v) is 2.19. The Hall–Kier alpha value is -2.63. The number of ether oxygens (including phenoxy) is 1. The second-order valence-electron chi connectivity index (χ2n) is 6.37. The molecule has 0 fully saturated rings. The third-order valence-electron chi connectivity index (χ3n) is 3.22. The van der Waals surface area contributed by atoms with Crippen LogP contribution < -0.4 is 11.1 Å². The van der Waals surface area contributed by atoms with E-state index in [1.54, 1.807) is 45.0 Å². The molecule has 0 saturated heterocycles. The van der Waals surface area contributed by atoms with E-state index in [2.05, 4.69) is 5.32 Å². The zero-order valence-electron chi connectivity index (χ0n) is 13.8. The summed E-state index contributed by atoms with van der Waals surface area (Å²) in [6.45, 7) is 5.42. The molecule has 0 radical (unpaired) electrons. The number of carbonyl (C=O) groups excluding carboxylic acids is 1. The average molecular weight is 334 g/mol. The van der Waals surface area contributed by atoms with E-state index in [9.17, 15) is 13.6 Å². The van der Waals surface area contributed by atoms with Gasteiger partial charge in [-0.15, -0.1) is 0 Å². The Morgan fingerprint density at radius 3 is 2.46 bits per heavy atom. The van der Waals surface area contributed by atoms with Gasteiger partial charge in [-0.25, -0.2) is 13.6 Å². The van der Waals surface area contributed by atoms with Crippen molar-refractivity contribution in [1.29, 1.82) is 0 Å². The van der Waals surface area contributed by atoms with Crippen LogP contribution >= 0.6 is 0 Å². The van der Waals surface area contributed by atoms with Gasteiger partial charge in [0, 0.05) is 18.2 Å². The lowest BCUT2D eigenvalue weighted by molar-refractivity contribution is 0.0523. The molecule has 0 unspecified atom stereocenters. The Morgan fingerprint density at radius 1 is 1.12 bits per heavy atom. The van der Waals surface area contributed by atoms with Crippen LogP contribution in [0.1, 0.15) is 26.3 Å². The molecule has 0 heterocycles. The maximum atomic E-state index is 14.1. The van der Waals surface area contributed by atoms with Gasteiger partial charge in [-0.3, -0.25) is 0 Å². The SMILES string of the molecule is CC(C)(C)OC(=O)NCc1ccccc1-c1cc(N)c(F)cc1F. The van der Waals surface area contributed by atoms with Crippen molar-refractivity contribution in [2.45, 2.75) is 32.9 Å². The first-order valence-corrected chi connectivity index (χ1v) is 7.47. The van der Waals surface area contributed by atoms with Crippen molar-refractivity contribution in [2.24, 2.45) is 0 Å². The summed E-state index contributed by atoms with van der Waals surface area (Å²) < 4.78 is 32.6. The predicted molar refractivity (Wildman–Crippen MR) is 89.3 cm³/mol. The van der Waals surface area contributed by atoms with Crippen LogP contribution in [0.15, 0.2) is 36.4 Å². The number of anilines is 1. The third-order valence-corrected chi connectivity index (χ3v) is 3.22. The monoisotopic (exact) mass is 334 g/mol. The van der Waals surface area contributed by atoms with E-state index in [4.69, 9.17) is 10.5 Å². The Bertz CT molecular complexity index is 755. The summed E-state index contributed by atoms with van der Waals surface area (Å²) in [5.41, 5.74) is 6.15. The number of halogens is 2. The molecule has 0 spiro atoms. The lowest BCUT2D eigenvalue weighted by Crippen LogP contribution is -2.32. The smallest absolute Gasteiger partial charge is 0.407 e. The second-order valence-corrected chi connectivity index (χ2v) is 6.37. The third kappa shape index (κ3) is 4.44. The number of hydrogen-bond donors (Lipinski definition) is 2. The Kier molecular flexibility index (Phi) is 5.07. The van der Waals surface area contributed by atoms with Crippen molar-refractivity contribution in [3.05, 3.63) is 53.6 Å². The van der Waals surface area contributed by atoms with Gasteiger partial charge in [-0.1, -0.05) is 24.3 Å². The average Bonchev–Trinajstić information content (AvgIpc) is 2.47. The normalized spacial score (nSPS) is 11.2. The lowest BCUT2D eigenvalue weighted by Gasteiger charge is -2.20. The summed E-state index contributed by atoms with van der Waals surface area (Å²) in [5, 5.41) is 2.62. The van der Waals surface area contributed by atoms with Gasteiger partial charge in [0.2, 0.25) is 0 Å². The van der Waals surface area contributed by atoms with Crippen molar-refractivity contribution in [1.82, 2.24) is 5.32 Å². The first-order chi connectivity index (χ1) is 11.2. The maximum absolute atomic E-state index is 14.1. The summed E-state index contributed by atoms with van der Waals surface area (Å²) in [6.07, 6.45) is -0.573. The molecule has 0 aliphatic heterocycles. The van der Waals surface area contributed by atoms with Crippen LogP contribution in [0.5, 0.6) is 0 Å². The number of nitrogen functional groups attached to an aromatic ring is 1. The summed E-state index contributed by atoms with van der Waals surface area (Å²) >= 11 is 0. The minimum absolute atomic E-state index is 0.138. The van der Waals surface area contributed by atoms with Crippen molar-refractivity contribution in [3.63, 3.8) is 0 Å². The fraction of sp³-hybridized carbons (Fsp3) is 0.278. The maximum Gasteiger partial charge on any atom is 0.407 e. The van der Waals surface area contributed by atoms with E-state index in [0.717, 1.165) is 6.07 Å². The fourth-order valence-electron chi connectivity index (χ4n) is 2.19. The Labute approximate surface area is 139 Å². The molecule has 0 atom stereocenters. The van der Waals surface area contributed by atoms with E-state index < -0.39 is 23.3 Å². The Balaban J connectivity index is 2.26. The van der Waals surface area contributed by atoms with Crippen LogP contribution in [0.2, 0.25) is 0 Å². The van der Waals surface area contributed by atoms with Gasteiger partial charge < -0.3 is 15.8 Å². The van der Waals surface area contributed by atoms with E-state index >= 15 is 0 Å². The summed E-state index contributed by atoms with van der Waals surface area (Å²) in [4.78, 5) is 11.8. The largest absolute Gasteiger partial charge is 0.444 e. The molecule has 0 saturated carbocycles. The van der Waals surface area contributed by atoms with Crippen LogP contribution in [0.25, 0.3) is 11.1 Å². The van der Waals surface area contributed by atoms with Crippen LogP contribution in [-0.4, -0.2) is 11.7 Å². The topological polar surface area (TPSA) is 64.3 Å². The van der Waals surface area contributed by atoms with Gasteiger partial charge in [0.15, 0.2) is 0 Å². The number of nitrogens with one attached hydrogen (secondary N) is 1. The number of benzene rings is 2. The van der Waals surface area contributed by atoms with Crippen LogP contribution in [-0.2, 0) is 11.3 Å². The summed E-state index contributed by atoms with van der Waals surface area (Å²) in [5.74, 6) is -1.52. The van der Waals surface area contributed by atoms with E-state index in [0.29, 0.717) is 11.1 Å². The number of alkyl carbamates (subject to hydrolysis) is 1. The first-order valence-electron chi connectivity index (χ1n) is 7.47. The summed E-state index contributed by atoms with van der Waals surface area (Å²) in [7, 11) is 0. The molecule has 128 valence electrons. The molecular formula is C18H20F2N2O2. The van der Waals surface area contributed by atoms with E-state index in [1.165, 1.54) is 6.07 Å². The molecule has 1 amide bonds. The molecular weight excluding hydrogens is 314 g/mol. The highest BCUT2D eigenvalue weighted by atomic mass is 19.1. The summed E-state index contributed by atoms with van der Waals surface area (Å²) in [6, 6.07) is 8.92. The zero-order chi connectivity index (χ0) is 17.9. The minimum Gasteiger partial charge on any atom is -0.444 e. The standard InChI is InChI=1S/C18H20F2N2O2/c1-18(2,3)24-17(23)22-10-11-6-4-5-7-12(11)13-8-16(21)15(20)9-14(13)19/h4-9H,10,21H2,1-3H3,(H,22,23). The van der Waals surface area contributed by atoms with Crippen LogP contribution in [0.4, 0.5) is 19.3 Å². The van der Waals surface area contributed by atoms with E-state index in [-0.39, 0.29) is 17.8 Å². The highest BCUT2D eigenvalue weighted by Crippen LogP contribution is 2.29. The van der Waals surface area contributed by atoms with Crippen LogP contribution in [0.3, 0.4) is 0 Å². The van der Waals surface area contributed by atoms with Crippen molar-refractivity contribution < 1.29 is 18.3 Å². The minimum atomic E-state index is -0.805. The van der Waals surface area contributed by atoms with Gasteiger partial charge in [0.05, 0.1) is 5.69 Å². The first kappa shape index (κ1) is 17.7. The molecule has 0 aromatic heterocycles. The highest BCUT2D eigenvalue weighted by molar-refractivity contribution is 5.73. The van der Waals surface area contributed by atoms with Crippen LogP contribution in [0, 0.1) is 11.6 Å². The van der Waals surface area contributed by atoms with Crippen molar-refractivity contribution in [3.8, 4) is 11.1 Å². The number of amides is 1.